The maximum atomic E-state index is 11.7. The summed E-state index contributed by atoms with van der Waals surface area (Å²) < 4.78 is 23.3. The minimum atomic E-state index is -2.97. The number of nitrogens with two attached hydrogens (primary N) is 1. The molecule has 0 radical (unpaired) electrons. The van der Waals surface area contributed by atoms with E-state index < -0.39 is 9.84 Å². The molecular weight excluding hydrogens is 270 g/mol. The summed E-state index contributed by atoms with van der Waals surface area (Å²) in [7, 11) is -2.97. The van der Waals surface area contributed by atoms with Gasteiger partial charge in [-0.1, -0.05) is 0 Å². The summed E-state index contributed by atoms with van der Waals surface area (Å²) in [6.45, 7) is 0. The highest BCUT2D eigenvalue weighted by Crippen LogP contribution is 2.29. The van der Waals surface area contributed by atoms with E-state index in [1.807, 2.05) is 17.0 Å². The van der Waals surface area contributed by atoms with Crippen LogP contribution in [0.4, 0.5) is 11.4 Å². The smallest absolute Gasteiger partial charge is 0.174 e. The molecule has 0 amide bonds. The number of fused-ring (bicyclic) bond motifs is 1. The van der Waals surface area contributed by atoms with E-state index in [-0.39, 0.29) is 23.6 Å². The number of hydrogen-bond acceptors (Lipinski definition) is 4. The summed E-state index contributed by atoms with van der Waals surface area (Å²) in [5.74, 6) is 0.304. The van der Waals surface area contributed by atoms with Gasteiger partial charge in [0.2, 0.25) is 0 Å². The number of benzene rings is 1. The van der Waals surface area contributed by atoms with E-state index in [2.05, 4.69) is 5.32 Å². The fourth-order valence-electron chi connectivity index (χ4n) is 2.54. The summed E-state index contributed by atoms with van der Waals surface area (Å²) in [5.41, 5.74) is 7.20. The Morgan fingerprint density at radius 2 is 1.94 bits per heavy atom. The molecule has 1 aromatic rings. The van der Waals surface area contributed by atoms with E-state index in [0.717, 1.165) is 5.69 Å². The van der Waals surface area contributed by atoms with Crippen LogP contribution in [0.2, 0.25) is 0 Å². The van der Waals surface area contributed by atoms with Crippen LogP contribution in [0.5, 0.6) is 0 Å². The van der Waals surface area contributed by atoms with Crippen molar-refractivity contribution in [1.82, 2.24) is 5.32 Å². The number of thiocarbonyl (C=S) groups is 1. The molecule has 2 aliphatic rings. The van der Waals surface area contributed by atoms with Crippen LogP contribution < -0.4 is 16.0 Å². The fraction of sp³-hybridized carbons (Fsp3) is 0.364. The number of nitrogens with one attached hydrogen (secondary N) is 1. The first-order valence-electron chi connectivity index (χ1n) is 5.62. The van der Waals surface area contributed by atoms with Crippen molar-refractivity contribution in [2.24, 2.45) is 0 Å². The lowest BCUT2D eigenvalue weighted by molar-refractivity contribution is 0.600. The molecule has 2 heterocycles. The van der Waals surface area contributed by atoms with Gasteiger partial charge in [0.15, 0.2) is 14.9 Å². The Labute approximate surface area is 111 Å². The number of rotatable bonds is 1. The predicted octanol–water partition coefficient (Wildman–Crippen LogP) is 0.129. The molecule has 0 aromatic heterocycles. The van der Waals surface area contributed by atoms with Gasteiger partial charge in [0, 0.05) is 11.4 Å². The van der Waals surface area contributed by atoms with Gasteiger partial charge in [-0.2, -0.15) is 0 Å². The van der Waals surface area contributed by atoms with Gasteiger partial charge in [-0.05, 0) is 36.5 Å². The molecule has 0 aliphatic carbocycles. The van der Waals surface area contributed by atoms with E-state index in [0.29, 0.717) is 10.8 Å². The molecule has 0 unspecified atom stereocenters. The molecule has 96 valence electrons. The standard InChI is InChI=1S/C11H13N3O2S2/c12-7-1-3-8(4-2-7)14-10-6-18(15,16)5-9(10)13-11(14)17/h1-4,9-10H,5-6,12H2,(H,13,17)/t9-,10-/m1/s1. The van der Waals surface area contributed by atoms with Gasteiger partial charge in [-0.25, -0.2) is 8.42 Å². The molecule has 18 heavy (non-hydrogen) atoms. The summed E-state index contributed by atoms with van der Waals surface area (Å²) in [4.78, 5) is 1.88. The van der Waals surface area contributed by atoms with Crippen molar-refractivity contribution in [2.75, 3.05) is 22.1 Å². The molecule has 5 nitrogen and oxygen atoms in total. The summed E-state index contributed by atoms with van der Waals surface area (Å²) in [6.07, 6.45) is 0. The normalized spacial score (nSPS) is 29.1. The van der Waals surface area contributed by atoms with Crippen LogP contribution in [0, 0.1) is 0 Å². The van der Waals surface area contributed by atoms with E-state index in [9.17, 15) is 8.42 Å². The fourth-order valence-corrected chi connectivity index (χ4v) is 4.83. The molecule has 3 N–H and O–H groups in total. The molecular formula is C11H13N3O2S2. The van der Waals surface area contributed by atoms with Crippen LogP contribution in [0.15, 0.2) is 24.3 Å². The Morgan fingerprint density at radius 3 is 2.61 bits per heavy atom. The quantitative estimate of drug-likeness (QED) is 0.563. The number of sulfone groups is 1. The minimum absolute atomic E-state index is 0.0972. The summed E-state index contributed by atoms with van der Waals surface area (Å²) in [5, 5.41) is 3.67. The van der Waals surface area contributed by atoms with Crippen molar-refractivity contribution in [3.8, 4) is 0 Å². The molecule has 7 heteroatoms. The molecule has 2 atom stereocenters. The lowest BCUT2D eigenvalue weighted by Crippen LogP contribution is -2.36. The molecule has 3 rings (SSSR count). The SMILES string of the molecule is Nc1ccc(N2C(=S)N[C@@H]3CS(=O)(=O)C[C@H]32)cc1. The second-order valence-corrected chi connectivity index (χ2v) is 7.20. The van der Waals surface area contributed by atoms with Crippen LogP contribution in [-0.4, -0.2) is 37.1 Å². The third-order valence-electron chi connectivity index (χ3n) is 3.35. The van der Waals surface area contributed by atoms with Crippen molar-refractivity contribution in [3.63, 3.8) is 0 Å². The first-order valence-corrected chi connectivity index (χ1v) is 7.85. The number of nitrogens with zero attached hydrogens (tertiary/aromatic N) is 1. The molecule has 2 fully saturated rings. The van der Waals surface area contributed by atoms with Crippen molar-refractivity contribution in [2.45, 2.75) is 12.1 Å². The van der Waals surface area contributed by atoms with Crippen LogP contribution in [-0.2, 0) is 9.84 Å². The molecule has 2 aliphatic heterocycles. The average molecular weight is 283 g/mol. The summed E-state index contributed by atoms with van der Waals surface area (Å²) in [6, 6.07) is 7.09. The molecule has 1 aromatic carbocycles. The lowest BCUT2D eigenvalue weighted by atomic mass is 10.1. The molecule has 2 saturated heterocycles. The van der Waals surface area contributed by atoms with Gasteiger partial charge >= 0.3 is 0 Å². The first kappa shape index (κ1) is 11.7. The van der Waals surface area contributed by atoms with Gasteiger partial charge in [-0.3, -0.25) is 0 Å². The van der Waals surface area contributed by atoms with Crippen LogP contribution in [0.3, 0.4) is 0 Å². The van der Waals surface area contributed by atoms with Gasteiger partial charge in [0.05, 0.1) is 23.6 Å². The third-order valence-corrected chi connectivity index (χ3v) is 5.38. The Morgan fingerprint density at radius 1 is 1.28 bits per heavy atom. The Kier molecular flexibility index (Phi) is 2.49. The van der Waals surface area contributed by atoms with Crippen molar-refractivity contribution in [3.05, 3.63) is 24.3 Å². The first-order chi connectivity index (χ1) is 8.46. The topological polar surface area (TPSA) is 75.4 Å². The zero-order chi connectivity index (χ0) is 12.9. The van der Waals surface area contributed by atoms with E-state index in [4.69, 9.17) is 18.0 Å². The van der Waals surface area contributed by atoms with E-state index in [1.165, 1.54) is 0 Å². The monoisotopic (exact) mass is 283 g/mol. The average Bonchev–Trinajstić information content (AvgIpc) is 2.70. The number of hydrogen-bond donors (Lipinski definition) is 2. The molecule has 0 spiro atoms. The lowest BCUT2D eigenvalue weighted by Gasteiger charge is -2.23. The van der Waals surface area contributed by atoms with E-state index in [1.54, 1.807) is 12.1 Å². The highest BCUT2D eigenvalue weighted by Gasteiger charge is 2.47. The second-order valence-electron chi connectivity index (χ2n) is 4.66. The van der Waals surface area contributed by atoms with Crippen LogP contribution in [0.1, 0.15) is 0 Å². The van der Waals surface area contributed by atoms with Crippen molar-refractivity contribution in [1.29, 1.82) is 0 Å². The number of anilines is 2. The van der Waals surface area contributed by atoms with Crippen molar-refractivity contribution >= 4 is 38.5 Å². The Hall–Kier alpha value is -1.34. The maximum absolute atomic E-state index is 11.7. The summed E-state index contributed by atoms with van der Waals surface area (Å²) >= 11 is 5.27. The van der Waals surface area contributed by atoms with Gasteiger partial charge < -0.3 is 16.0 Å². The Balaban J connectivity index is 1.96. The minimum Gasteiger partial charge on any atom is -0.399 e. The van der Waals surface area contributed by atoms with Gasteiger partial charge in [0.1, 0.15) is 0 Å². The molecule has 0 saturated carbocycles. The maximum Gasteiger partial charge on any atom is 0.174 e. The zero-order valence-corrected chi connectivity index (χ0v) is 11.2. The van der Waals surface area contributed by atoms with E-state index >= 15 is 0 Å². The van der Waals surface area contributed by atoms with Crippen LogP contribution in [0.25, 0.3) is 0 Å². The Bertz CT molecular complexity index is 597. The van der Waals surface area contributed by atoms with Gasteiger partial charge in [0.25, 0.3) is 0 Å². The molecule has 0 bridgehead atoms. The predicted molar refractivity (Wildman–Crippen MR) is 75.3 cm³/mol. The number of nitrogen functional groups attached to an aromatic ring is 1. The third kappa shape index (κ3) is 1.83. The second kappa shape index (κ2) is 3.83. The highest BCUT2D eigenvalue weighted by atomic mass is 32.2. The largest absolute Gasteiger partial charge is 0.399 e. The van der Waals surface area contributed by atoms with Crippen LogP contribution >= 0.6 is 12.2 Å². The van der Waals surface area contributed by atoms with Crippen molar-refractivity contribution < 1.29 is 8.42 Å². The zero-order valence-electron chi connectivity index (χ0n) is 9.54. The van der Waals surface area contributed by atoms with Gasteiger partial charge in [-0.15, -0.1) is 0 Å². The highest BCUT2D eigenvalue weighted by molar-refractivity contribution is 7.91.